The van der Waals surface area contributed by atoms with Gasteiger partial charge in [0.1, 0.15) is 0 Å². The number of aromatic nitrogens is 5. The van der Waals surface area contributed by atoms with Crippen LogP contribution in [0.1, 0.15) is 19.4 Å². The Hall–Kier alpha value is -1.67. The van der Waals surface area contributed by atoms with Gasteiger partial charge in [-0.1, -0.05) is 13.8 Å². The highest BCUT2D eigenvalue weighted by molar-refractivity contribution is 7.99. The van der Waals surface area contributed by atoms with Crippen molar-refractivity contribution in [3.05, 3.63) is 28.4 Å². The van der Waals surface area contributed by atoms with E-state index in [0.29, 0.717) is 16.4 Å². The third kappa shape index (κ3) is 3.65. The summed E-state index contributed by atoms with van der Waals surface area (Å²) >= 11 is 1.25. The highest BCUT2D eigenvalue weighted by atomic mass is 32.2. The Morgan fingerprint density at radius 3 is 2.63 bits per heavy atom. The highest BCUT2D eigenvalue weighted by Gasteiger charge is 2.08. The van der Waals surface area contributed by atoms with Gasteiger partial charge in [0.05, 0.1) is 0 Å². The second-order valence-electron chi connectivity index (χ2n) is 4.38. The van der Waals surface area contributed by atoms with Crippen molar-refractivity contribution in [1.29, 1.82) is 0 Å². The minimum Gasteiger partial charge on any atom is -0.310 e. The second-order valence-corrected chi connectivity index (χ2v) is 5.32. The van der Waals surface area contributed by atoms with Gasteiger partial charge >= 0.3 is 5.69 Å². The molecule has 2 rings (SSSR count). The van der Waals surface area contributed by atoms with E-state index in [4.69, 9.17) is 0 Å². The summed E-state index contributed by atoms with van der Waals surface area (Å²) in [6.07, 6.45) is 3.55. The molecule has 2 aromatic heterocycles. The third-order valence-corrected chi connectivity index (χ3v) is 3.36. The van der Waals surface area contributed by atoms with Crippen LogP contribution >= 0.6 is 11.8 Å². The SMILES string of the molecule is CC(C)NCc1cnc(Sc2n[nH]c(=O)n2C)nc1. The van der Waals surface area contributed by atoms with Gasteiger partial charge in [0.15, 0.2) is 10.3 Å². The average molecular weight is 280 g/mol. The average Bonchev–Trinajstić information content (AvgIpc) is 2.70. The molecular weight excluding hydrogens is 264 g/mol. The lowest BCUT2D eigenvalue weighted by Gasteiger charge is -2.07. The largest absolute Gasteiger partial charge is 0.343 e. The molecule has 0 fully saturated rings. The first-order valence-corrected chi connectivity index (χ1v) is 6.71. The number of rotatable bonds is 5. The smallest absolute Gasteiger partial charge is 0.310 e. The molecule has 0 aliphatic rings. The summed E-state index contributed by atoms with van der Waals surface area (Å²) in [5, 5.41) is 10.7. The molecular formula is C11H16N6OS. The van der Waals surface area contributed by atoms with E-state index in [-0.39, 0.29) is 5.69 Å². The highest BCUT2D eigenvalue weighted by Crippen LogP contribution is 2.19. The Kier molecular flexibility index (Phi) is 4.33. The van der Waals surface area contributed by atoms with Gasteiger partial charge in [-0.3, -0.25) is 4.57 Å². The van der Waals surface area contributed by atoms with E-state index in [2.05, 4.69) is 39.3 Å². The Labute approximate surface area is 114 Å². The molecule has 0 unspecified atom stereocenters. The minimum absolute atomic E-state index is 0.250. The molecule has 102 valence electrons. The van der Waals surface area contributed by atoms with Gasteiger partial charge in [0.25, 0.3) is 0 Å². The van der Waals surface area contributed by atoms with Gasteiger partial charge in [0, 0.05) is 37.6 Å². The van der Waals surface area contributed by atoms with Gasteiger partial charge in [-0.15, -0.1) is 5.10 Å². The van der Waals surface area contributed by atoms with Crippen LogP contribution < -0.4 is 11.0 Å². The third-order valence-electron chi connectivity index (χ3n) is 2.42. The van der Waals surface area contributed by atoms with E-state index >= 15 is 0 Å². The zero-order chi connectivity index (χ0) is 13.8. The van der Waals surface area contributed by atoms with Gasteiger partial charge in [-0.2, -0.15) is 0 Å². The molecule has 0 radical (unpaired) electrons. The number of nitrogens with zero attached hydrogens (tertiary/aromatic N) is 4. The first kappa shape index (κ1) is 13.8. The Morgan fingerprint density at radius 2 is 2.11 bits per heavy atom. The molecule has 0 aliphatic heterocycles. The fourth-order valence-electron chi connectivity index (χ4n) is 1.31. The predicted molar refractivity (Wildman–Crippen MR) is 72.0 cm³/mol. The van der Waals surface area contributed by atoms with Crippen molar-refractivity contribution in [2.24, 2.45) is 7.05 Å². The second kappa shape index (κ2) is 5.98. The molecule has 7 nitrogen and oxygen atoms in total. The standard InChI is InChI=1S/C11H16N6OS/c1-7(2)12-4-8-5-13-9(14-6-8)19-11-16-15-10(18)17(11)3/h5-7,12H,4H2,1-3H3,(H,15,18). The molecule has 8 heteroatoms. The predicted octanol–water partition coefficient (Wildman–Crippen LogP) is 0.548. The number of nitrogens with one attached hydrogen (secondary N) is 2. The Bertz CT molecular complexity index is 588. The zero-order valence-corrected chi connectivity index (χ0v) is 11.9. The fraction of sp³-hybridized carbons (Fsp3) is 0.455. The van der Waals surface area contributed by atoms with Crippen molar-refractivity contribution in [3.8, 4) is 0 Å². The molecule has 0 bridgehead atoms. The summed E-state index contributed by atoms with van der Waals surface area (Å²) in [6.45, 7) is 4.91. The van der Waals surface area contributed by atoms with Gasteiger partial charge in [-0.05, 0) is 11.8 Å². The van der Waals surface area contributed by atoms with Gasteiger partial charge in [-0.25, -0.2) is 19.9 Å². The van der Waals surface area contributed by atoms with Crippen molar-refractivity contribution < 1.29 is 0 Å². The molecule has 2 heterocycles. The summed E-state index contributed by atoms with van der Waals surface area (Å²) < 4.78 is 1.42. The summed E-state index contributed by atoms with van der Waals surface area (Å²) in [7, 11) is 1.65. The fourth-order valence-corrected chi connectivity index (χ4v) is 2.00. The molecule has 19 heavy (non-hydrogen) atoms. The van der Waals surface area contributed by atoms with Crippen molar-refractivity contribution in [1.82, 2.24) is 30.0 Å². The number of hydrogen-bond donors (Lipinski definition) is 2. The molecule has 0 aliphatic carbocycles. The topological polar surface area (TPSA) is 88.5 Å². The lowest BCUT2D eigenvalue weighted by Crippen LogP contribution is -2.21. The molecule has 0 aromatic carbocycles. The van der Waals surface area contributed by atoms with E-state index in [0.717, 1.165) is 12.1 Å². The van der Waals surface area contributed by atoms with E-state index in [1.165, 1.54) is 16.3 Å². The van der Waals surface area contributed by atoms with Crippen LogP contribution in [0.25, 0.3) is 0 Å². The molecule has 0 amide bonds. The van der Waals surface area contributed by atoms with E-state index < -0.39 is 0 Å². The van der Waals surface area contributed by atoms with Crippen LogP contribution in [0, 0.1) is 0 Å². The maximum absolute atomic E-state index is 11.2. The molecule has 2 aromatic rings. The number of hydrogen-bond acceptors (Lipinski definition) is 6. The van der Waals surface area contributed by atoms with Crippen LogP contribution in [-0.2, 0) is 13.6 Å². The maximum atomic E-state index is 11.2. The number of aromatic amines is 1. The summed E-state index contributed by atoms with van der Waals surface area (Å²) in [5.41, 5.74) is 0.772. The van der Waals surface area contributed by atoms with Crippen LogP contribution in [0.3, 0.4) is 0 Å². The first-order valence-electron chi connectivity index (χ1n) is 5.90. The van der Waals surface area contributed by atoms with Gasteiger partial charge in [0.2, 0.25) is 0 Å². The van der Waals surface area contributed by atoms with Crippen LogP contribution in [0.5, 0.6) is 0 Å². The Balaban J connectivity index is 2.02. The van der Waals surface area contributed by atoms with Gasteiger partial charge < -0.3 is 5.32 Å². The molecule has 0 saturated heterocycles. The van der Waals surface area contributed by atoms with E-state index in [9.17, 15) is 4.79 Å². The van der Waals surface area contributed by atoms with Crippen LogP contribution in [-0.4, -0.2) is 30.8 Å². The quantitative estimate of drug-likeness (QED) is 0.778. The normalized spacial score (nSPS) is 11.2. The molecule has 0 spiro atoms. The monoisotopic (exact) mass is 280 g/mol. The first-order chi connectivity index (χ1) is 9.06. The molecule has 0 atom stereocenters. The summed E-state index contributed by atoms with van der Waals surface area (Å²) in [5.74, 6) is 0. The minimum atomic E-state index is -0.250. The number of H-pyrrole nitrogens is 1. The lowest BCUT2D eigenvalue weighted by atomic mass is 10.3. The summed E-state index contributed by atoms with van der Waals surface area (Å²) in [6, 6.07) is 0.424. The van der Waals surface area contributed by atoms with Crippen LogP contribution in [0.2, 0.25) is 0 Å². The molecule has 2 N–H and O–H groups in total. The van der Waals surface area contributed by atoms with E-state index in [1.54, 1.807) is 19.4 Å². The van der Waals surface area contributed by atoms with Crippen LogP contribution in [0.15, 0.2) is 27.5 Å². The van der Waals surface area contributed by atoms with Crippen LogP contribution in [0.4, 0.5) is 0 Å². The van der Waals surface area contributed by atoms with E-state index in [1.807, 2.05) is 0 Å². The molecule has 0 saturated carbocycles. The lowest BCUT2D eigenvalue weighted by molar-refractivity contribution is 0.585. The van der Waals surface area contributed by atoms with Crippen molar-refractivity contribution in [3.63, 3.8) is 0 Å². The van der Waals surface area contributed by atoms with Crippen molar-refractivity contribution >= 4 is 11.8 Å². The van der Waals surface area contributed by atoms with Crippen molar-refractivity contribution in [2.75, 3.05) is 0 Å². The van der Waals surface area contributed by atoms with Crippen molar-refractivity contribution in [2.45, 2.75) is 36.7 Å². The zero-order valence-electron chi connectivity index (χ0n) is 11.0. The summed E-state index contributed by atoms with van der Waals surface area (Å²) in [4.78, 5) is 19.7. The Morgan fingerprint density at radius 1 is 1.42 bits per heavy atom. The maximum Gasteiger partial charge on any atom is 0.343 e.